The number of nitro groups is 1. The summed E-state index contributed by atoms with van der Waals surface area (Å²) in [6.07, 6.45) is 1.25. The van der Waals surface area contributed by atoms with Crippen LogP contribution in [0.3, 0.4) is 0 Å². The molecule has 0 fully saturated rings. The van der Waals surface area contributed by atoms with Crippen LogP contribution in [0.15, 0.2) is 22.8 Å². The molecule has 0 heterocycles. The molecule has 6 heteroatoms. The standard InChI is InChI=1S/C8H4BrF2NO2/c9-6-1-2-7(10)5(8(6)11)3-4-12(13)14/h1-4H. The van der Waals surface area contributed by atoms with Crippen molar-refractivity contribution in [2.24, 2.45) is 0 Å². The first-order valence-electron chi connectivity index (χ1n) is 3.47. The molecule has 3 nitrogen and oxygen atoms in total. The lowest BCUT2D eigenvalue weighted by atomic mass is 10.2. The molecule has 0 N–H and O–H groups in total. The van der Waals surface area contributed by atoms with Crippen molar-refractivity contribution in [3.63, 3.8) is 0 Å². The molecule has 0 aliphatic heterocycles. The predicted octanol–water partition coefficient (Wildman–Crippen LogP) is 2.97. The maximum atomic E-state index is 13.2. The molecular formula is C8H4BrF2NO2. The van der Waals surface area contributed by atoms with E-state index in [1.165, 1.54) is 6.07 Å². The number of rotatable bonds is 2. The molecule has 0 unspecified atom stereocenters. The topological polar surface area (TPSA) is 43.1 Å². The third kappa shape index (κ3) is 2.35. The summed E-state index contributed by atoms with van der Waals surface area (Å²) in [5, 5.41) is 9.94. The van der Waals surface area contributed by atoms with E-state index < -0.39 is 22.1 Å². The van der Waals surface area contributed by atoms with Crippen LogP contribution in [0.5, 0.6) is 0 Å². The Hall–Kier alpha value is -1.30. The van der Waals surface area contributed by atoms with Gasteiger partial charge in [0.1, 0.15) is 11.6 Å². The highest BCUT2D eigenvalue weighted by molar-refractivity contribution is 9.10. The number of nitrogens with zero attached hydrogens (tertiary/aromatic N) is 1. The van der Waals surface area contributed by atoms with Crippen molar-refractivity contribution >= 4 is 22.0 Å². The van der Waals surface area contributed by atoms with E-state index >= 15 is 0 Å². The zero-order chi connectivity index (χ0) is 10.7. The van der Waals surface area contributed by atoms with Crippen molar-refractivity contribution in [1.82, 2.24) is 0 Å². The zero-order valence-corrected chi connectivity index (χ0v) is 8.29. The van der Waals surface area contributed by atoms with Crippen LogP contribution in [0.4, 0.5) is 8.78 Å². The fourth-order valence-electron chi connectivity index (χ4n) is 0.831. The van der Waals surface area contributed by atoms with Gasteiger partial charge < -0.3 is 0 Å². The first-order valence-corrected chi connectivity index (χ1v) is 4.27. The summed E-state index contributed by atoms with van der Waals surface area (Å²) in [6.45, 7) is 0. The summed E-state index contributed by atoms with van der Waals surface area (Å²) >= 11 is 2.84. The number of benzene rings is 1. The molecule has 0 spiro atoms. The fourth-order valence-corrected chi connectivity index (χ4v) is 1.18. The van der Waals surface area contributed by atoms with Crippen LogP contribution in [0.2, 0.25) is 0 Å². The Balaban J connectivity index is 3.19. The second-order valence-electron chi connectivity index (χ2n) is 2.36. The van der Waals surface area contributed by atoms with Gasteiger partial charge in [-0.25, -0.2) is 8.78 Å². The molecule has 14 heavy (non-hydrogen) atoms. The Morgan fingerprint density at radius 2 is 2.07 bits per heavy atom. The Kier molecular flexibility index (Phi) is 3.29. The Bertz CT molecular complexity index is 407. The number of hydrogen-bond donors (Lipinski definition) is 0. The summed E-state index contributed by atoms with van der Waals surface area (Å²) in [4.78, 5) is 9.15. The largest absolute Gasteiger partial charge is 0.259 e. The molecule has 0 atom stereocenters. The van der Waals surface area contributed by atoms with Gasteiger partial charge in [0.25, 0.3) is 0 Å². The lowest BCUT2D eigenvalue weighted by Gasteiger charge is -1.99. The lowest BCUT2D eigenvalue weighted by Crippen LogP contribution is -1.91. The molecular weight excluding hydrogens is 260 g/mol. The van der Waals surface area contributed by atoms with E-state index in [2.05, 4.69) is 15.9 Å². The molecule has 0 bridgehead atoms. The SMILES string of the molecule is O=[N+]([O-])C=Cc1c(F)ccc(Br)c1F. The van der Waals surface area contributed by atoms with E-state index in [-0.39, 0.29) is 4.47 Å². The molecule has 0 aliphatic rings. The third-order valence-electron chi connectivity index (χ3n) is 1.44. The first-order chi connectivity index (χ1) is 6.52. The van der Waals surface area contributed by atoms with E-state index in [4.69, 9.17) is 0 Å². The van der Waals surface area contributed by atoms with E-state index in [9.17, 15) is 18.9 Å². The molecule has 0 aliphatic carbocycles. The summed E-state index contributed by atoms with van der Waals surface area (Å²) in [5.74, 6) is -1.70. The van der Waals surface area contributed by atoms with E-state index in [1.54, 1.807) is 0 Å². The average Bonchev–Trinajstić information content (AvgIpc) is 2.11. The Morgan fingerprint density at radius 1 is 1.43 bits per heavy atom. The minimum Gasteiger partial charge on any atom is -0.259 e. The van der Waals surface area contributed by atoms with Crippen molar-refractivity contribution in [2.45, 2.75) is 0 Å². The highest BCUT2D eigenvalue weighted by Gasteiger charge is 2.10. The Labute approximate surface area is 86.3 Å². The molecule has 0 saturated carbocycles. The van der Waals surface area contributed by atoms with E-state index in [0.29, 0.717) is 6.20 Å². The molecule has 0 saturated heterocycles. The lowest BCUT2D eigenvalue weighted by molar-refractivity contribution is -0.401. The maximum Gasteiger partial charge on any atom is 0.235 e. The van der Waals surface area contributed by atoms with Crippen LogP contribution in [-0.4, -0.2) is 4.92 Å². The maximum absolute atomic E-state index is 13.2. The van der Waals surface area contributed by atoms with Crippen molar-refractivity contribution in [2.75, 3.05) is 0 Å². The predicted molar refractivity (Wildman–Crippen MR) is 50.1 cm³/mol. The highest BCUT2D eigenvalue weighted by atomic mass is 79.9. The summed E-state index contributed by atoms with van der Waals surface area (Å²) < 4.78 is 26.2. The zero-order valence-electron chi connectivity index (χ0n) is 6.71. The van der Waals surface area contributed by atoms with Gasteiger partial charge in [-0.05, 0) is 28.1 Å². The fraction of sp³-hybridized carbons (Fsp3) is 0. The number of hydrogen-bond acceptors (Lipinski definition) is 2. The number of halogens is 3. The molecule has 0 radical (unpaired) electrons. The summed E-state index contributed by atoms with van der Waals surface area (Å²) in [6, 6.07) is 2.21. The van der Waals surface area contributed by atoms with Gasteiger partial charge in [0, 0.05) is 6.08 Å². The average molecular weight is 264 g/mol. The van der Waals surface area contributed by atoms with Gasteiger partial charge in [0.2, 0.25) is 6.20 Å². The van der Waals surface area contributed by atoms with Crippen LogP contribution >= 0.6 is 15.9 Å². The molecule has 1 aromatic rings. The van der Waals surface area contributed by atoms with Crippen molar-refractivity contribution in [3.05, 3.63) is 50.1 Å². The van der Waals surface area contributed by atoms with E-state index in [0.717, 1.165) is 12.1 Å². The van der Waals surface area contributed by atoms with Crippen molar-refractivity contribution < 1.29 is 13.7 Å². The van der Waals surface area contributed by atoms with E-state index in [1.807, 2.05) is 0 Å². The van der Waals surface area contributed by atoms with Gasteiger partial charge in [0.15, 0.2) is 0 Å². The second-order valence-corrected chi connectivity index (χ2v) is 3.21. The molecule has 0 amide bonds. The molecule has 1 rings (SSSR count). The molecule has 1 aromatic carbocycles. The monoisotopic (exact) mass is 263 g/mol. The van der Waals surface area contributed by atoms with Gasteiger partial charge in [-0.1, -0.05) is 0 Å². The van der Waals surface area contributed by atoms with Gasteiger partial charge in [0.05, 0.1) is 15.0 Å². The van der Waals surface area contributed by atoms with Gasteiger partial charge >= 0.3 is 0 Å². The van der Waals surface area contributed by atoms with Gasteiger partial charge in [-0.15, -0.1) is 0 Å². The molecule has 0 aromatic heterocycles. The Morgan fingerprint density at radius 3 is 2.64 bits per heavy atom. The second kappa shape index (κ2) is 4.28. The minimum atomic E-state index is -0.858. The van der Waals surface area contributed by atoms with Crippen molar-refractivity contribution in [3.8, 4) is 0 Å². The van der Waals surface area contributed by atoms with Crippen LogP contribution in [0.25, 0.3) is 6.08 Å². The van der Waals surface area contributed by atoms with Crippen molar-refractivity contribution in [1.29, 1.82) is 0 Å². The highest BCUT2D eigenvalue weighted by Crippen LogP contribution is 2.22. The minimum absolute atomic E-state index is 0.0573. The van der Waals surface area contributed by atoms with Gasteiger partial charge in [-0.3, -0.25) is 10.1 Å². The quantitative estimate of drug-likeness (QED) is 0.468. The van der Waals surface area contributed by atoms with Crippen LogP contribution in [0.1, 0.15) is 5.56 Å². The van der Waals surface area contributed by atoms with Crippen LogP contribution in [0, 0.1) is 21.7 Å². The smallest absolute Gasteiger partial charge is 0.235 e. The molecule has 74 valence electrons. The van der Waals surface area contributed by atoms with Gasteiger partial charge in [-0.2, -0.15) is 0 Å². The van der Waals surface area contributed by atoms with Crippen LogP contribution < -0.4 is 0 Å². The first kappa shape index (κ1) is 10.8. The normalized spacial score (nSPS) is 10.8. The third-order valence-corrected chi connectivity index (χ3v) is 2.05. The summed E-state index contributed by atoms with van der Waals surface area (Å²) in [5.41, 5.74) is -0.434. The van der Waals surface area contributed by atoms with Crippen LogP contribution in [-0.2, 0) is 0 Å². The summed E-state index contributed by atoms with van der Waals surface area (Å²) in [7, 11) is 0.